The van der Waals surface area contributed by atoms with Crippen LogP contribution in [0.4, 0.5) is 4.39 Å². The van der Waals surface area contributed by atoms with E-state index in [0.717, 1.165) is 0 Å². The van der Waals surface area contributed by atoms with Crippen LogP contribution in [-0.2, 0) is 6.42 Å². The van der Waals surface area contributed by atoms with E-state index < -0.39 is 5.91 Å². The highest BCUT2D eigenvalue weighted by atomic mass is 19.1. The molecule has 0 aliphatic carbocycles. The minimum Gasteiger partial charge on any atom is -0.425 e. The van der Waals surface area contributed by atoms with Gasteiger partial charge < -0.3 is 14.2 Å². The summed E-state index contributed by atoms with van der Waals surface area (Å²) in [6.45, 7) is 0.236. The summed E-state index contributed by atoms with van der Waals surface area (Å²) in [4.78, 5) is 24.7. The van der Waals surface area contributed by atoms with E-state index in [1.54, 1.807) is 42.5 Å². The van der Waals surface area contributed by atoms with Gasteiger partial charge in [-0.3, -0.25) is 9.59 Å². The standard InChI is InChI=1S/C20H14FNO4/c21-15-7-3-1-5-12(15)9-10-22-19(24)17-11-14-18(23)13-6-2-4-8-16(13)25-20(14)26-17/h1-8,11H,9-10H2,(H,22,24). The molecule has 0 saturated carbocycles. The predicted molar refractivity (Wildman–Crippen MR) is 94.7 cm³/mol. The van der Waals surface area contributed by atoms with Crippen LogP contribution in [-0.4, -0.2) is 12.5 Å². The molecule has 0 saturated heterocycles. The molecule has 0 aliphatic rings. The molecule has 0 bridgehead atoms. The number of carbonyl (C=O) groups excluding carboxylic acids is 1. The van der Waals surface area contributed by atoms with Gasteiger partial charge in [-0.15, -0.1) is 0 Å². The minimum absolute atomic E-state index is 0.00736. The monoisotopic (exact) mass is 351 g/mol. The van der Waals surface area contributed by atoms with E-state index in [-0.39, 0.29) is 34.7 Å². The SMILES string of the molecule is O=C(NCCc1ccccc1F)c1cc2c(=O)c3ccccc3oc2o1. The van der Waals surface area contributed by atoms with E-state index in [9.17, 15) is 14.0 Å². The van der Waals surface area contributed by atoms with Gasteiger partial charge in [0.1, 0.15) is 16.8 Å². The highest BCUT2D eigenvalue weighted by Crippen LogP contribution is 2.21. The van der Waals surface area contributed by atoms with Crippen molar-refractivity contribution in [2.75, 3.05) is 6.54 Å². The van der Waals surface area contributed by atoms with Crippen molar-refractivity contribution >= 4 is 28.0 Å². The first-order valence-electron chi connectivity index (χ1n) is 8.10. The zero-order valence-electron chi connectivity index (χ0n) is 13.6. The summed E-state index contributed by atoms with van der Waals surface area (Å²) in [7, 11) is 0. The minimum atomic E-state index is -0.490. The van der Waals surface area contributed by atoms with Crippen molar-refractivity contribution in [3.05, 3.63) is 82.0 Å². The predicted octanol–water partition coefficient (Wildman–Crippen LogP) is 3.65. The van der Waals surface area contributed by atoms with Gasteiger partial charge in [0, 0.05) is 12.6 Å². The van der Waals surface area contributed by atoms with E-state index in [1.165, 1.54) is 12.1 Å². The molecule has 1 N–H and O–H groups in total. The maximum atomic E-state index is 13.6. The lowest BCUT2D eigenvalue weighted by molar-refractivity contribution is 0.0926. The van der Waals surface area contributed by atoms with Crippen molar-refractivity contribution in [2.24, 2.45) is 0 Å². The average molecular weight is 351 g/mol. The van der Waals surface area contributed by atoms with Gasteiger partial charge in [-0.2, -0.15) is 0 Å². The smallest absolute Gasteiger partial charge is 0.302 e. The quantitative estimate of drug-likeness (QED) is 0.609. The second-order valence-electron chi connectivity index (χ2n) is 5.84. The molecule has 26 heavy (non-hydrogen) atoms. The highest BCUT2D eigenvalue weighted by Gasteiger charge is 2.17. The fourth-order valence-electron chi connectivity index (χ4n) is 2.81. The van der Waals surface area contributed by atoms with Crippen LogP contribution in [0.3, 0.4) is 0 Å². The molecule has 6 heteroatoms. The summed E-state index contributed by atoms with van der Waals surface area (Å²) in [6, 6.07) is 14.6. The fraction of sp³-hybridized carbons (Fsp3) is 0.100. The van der Waals surface area contributed by atoms with Crippen LogP contribution in [0.15, 0.2) is 68.2 Å². The number of hydrogen-bond donors (Lipinski definition) is 1. The zero-order chi connectivity index (χ0) is 18.1. The molecular weight excluding hydrogens is 337 g/mol. The number of amides is 1. The lowest BCUT2D eigenvalue weighted by Crippen LogP contribution is -2.25. The van der Waals surface area contributed by atoms with Gasteiger partial charge >= 0.3 is 5.78 Å². The van der Waals surface area contributed by atoms with Crippen LogP contribution >= 0.6 is 0 Å². The van der Waals surface area contributed by atoms with Crippen molar-refractivity contribution in [1.82, 2.24) is 5.32 Å². The second kappa shape index (κ2) is 6.48. The molecule has 4 aromatic rings. The molecule has 1 amide bonds. The van der Waals surface area contributed by atoms with Crippen molar-refractivity contribution in [3.63, 3.8) is 0 Å². The average Bonchev–Trinajstić information content (AvgIpc) is 3.08. The van der Waals surface area contributed by atoms with Crippen LogP contribution in [0.2, 0.25) is 0 Å². The molecule has 0 radical (unpaired) electrons. The number of furan rings is 1. The number of para-hydroxylation sites is 1. The van der Waals surface area contributed by atoms with Gasteiger partial charge in [0.15, 0.2) is 5.76 Å². The Morgan fingerprint density at radius 1 is 1.00 bits per heavy atom. The third-order valence-electron chi connectivity index (χ3n) is 4.14. The Kier molecular flexibility index (Phi) is 4.01. The van der Waals surface area contributed by atoms with E-state index in [1.807, 2.05) is 0 Å². The van der Waals surface area contributed by atoms with Crippen LogP contribution in [0.1, 0.15) is 16.1 Å². The first kappa shape index (κ1) is 16.1. The first-order chi connectivity index (χ1) is 12.6. The maximum Gasteiger partial charge on any atom is 0.302 e. The van der Waals surface area contributed by atoms with E-state index in [0.29, 0.717) is 23.0 Å². The van der Waals surface area contributed by atoms with Gasteiger partial charge in [-0.05, 0) is 30.2 Å². The Bertz CT molecular complexity index is 1180. The molecule has 5 nitrogen and oxygen atoms in total. The molecule has 0 unspecified atom stereocenters. The molecule has 0 aliphatic heterocycles. The molecule has 2 aromatic heterocycles. The van der Waals surface area contributed by atoms with Crippen molar-refractivity contribution in [2.45, 2.75) is 6.42 Å². The summed E-state index contributed by atoms with van der Waals surface area (Å²) in [6.07, 6.45) is 0.347. The molecule has 0 fully saturated rings. The summed E-state index contributed by atoms with van der Waals surface area (Å²) in [5, 5.41) is 3.29. The van der Waals surface area contributed by atoms with Gasteiger partial charge in [0.2, 0.25) is 5.43 Å². The Morgan fingerprint density at radius 2 is 1.77 bits per heavy atom. The Morgan fingerprint density at radius 3 is 2.62 bits per heavy atom. The number of halogens is 1. The first-order valence-corrected chi connectivity index (χ1v) is 8.10. The molecule has 4 rings (SSSR count). The number of hydrogen-bond acceptors (Lipinski definition) is 4. The number of carbonyl (C=O) groups is 1. The van der Waals surface area contributed by atoms with Crippen molar-refractivity contribution in [1.29, 1.82) is 0 Å². The number of rotatable bonds is 4. The van der Waals surface area contributed by atoms with Crippen LogP contribution in [0.25, 0.3) is 22.1 Å². The summed E-state index contributed by atoms with van der Waals surface area (Å²) < 4.78 is 24.5. The van der Waals surface area contributed by atoms with Gasteiger partial charge in [0.25, 0.3) is 5.91 Å². The summed E-state index contributed by atoms with van der Waals surface area (Å²) in [5.74, 6) is -0.819. The molecule has 2 aromatic carbocycles. The zero-order valence-corrected chi connectivity index (χ0v) is 13.6. The summed E-state index contributed by atoms with van der Waals surface area (Å²) >= 11 is 0. The number of nitrogens with one attached hydrogen (secondary N) is 1. The largest absolute Gasteiger partial charge is 0.425 e. The highest BCUT2D eigenvalue weighted by molar-refractivity contribution is 5.97. The van der Waals surface area contributed by atoms with Gasteiger partial charge in [-0.25, -0.2) is 4.39 Å². The van der Waals surface area contributed by atoms with Crippen LogP contribution < -0.4 is 10.7 Å². The normalized spacial score (nSPS) is 11.1. The van der Waals surface area contributed by atoms with Gasteiger partial charge in [-0.1, -0.05) is 30.3 Å². The Balaban J connectivity index is 1.55. The summed E-state index contributed by atoms with van der Waals surface area (Å²) in [5.41, 5.74) is 0.655. The maximum absolute atomic E-state index is 13.6. The topological polar surface area (TPSA) is 72.5 Å². The van der Waals surface area contributed by atoms with Crippen LogP contribution in [0, 0.1) is 5.82 Å². The number of benzene rings is 2. The number of fused-ring (bicyclic) bond motifs is 2. The molecule has 0 spiro atoms. The molecule has 2 heterocycles. The van der Waals surface area contributed by atoms with Gasteiger partial charge in [0.05, 0.1) is 5.39 Å². The van der Waals surface area contributed by atoms with Crippen molar-refractivity contribution < 1.29 is 18.0 Å². The fourth-order valence-corrected chi connectivity index (χ4v) is 2.81. The van der Waals surface area contributed by atoms with E-state index in [4.69, 9.17) is 8.83 Å². The second-order valence-corrected chi connectivity index (χ2v) is 5.84. The third kappa shape index (κ3) is 2.86. The lowest BCUT2D eigenvalue weighted by atomic mass is 10.1. The lowest BCUT2D eigenvalue weighted by Gasteiger charge is -2.04. The van der Waals surface area contributed by atoms with Crippen molar-refractivity contribution in [3.8, 4) is 0 Å². The third-order valence-corrected chi connectivity index (χ3v) is 4.14. The van der Waals surface area contributed by atoms with Crippen LogP contribution in [0.5, 0.6) is 0 Å². The Hall–Kier alpha value is -3.41. The Labute approximate surface area is 147 Å². The molecule has 0 atom stereocenters. The van der Waals surface area contributed by atoms with E-state index in [2.05, 4.69) is 5.32 Å². The molecule has 130 valence electrons. The molecular formula is C20H14FNO4. The van der Waals surface area contributed by atoms with E-state index >= 15 is 0 Å².